The number of furan rings is 1. The van der Waals surface area contributed by atoms with E-state index in [0.717, 1.165) is 24.6 Å². The van der Waals surface area contributed by atoms with Gasteiger partial charge in [0.25, 0.3) is 0 Å². The van der Waals surface area contributed by atoms with Crippen LogP contribution in [0.25, 0.3) is 0 Å². The summed E-state index contributed by atoms with van der Waals surface area (Å²) in [5.41, 5.74) is 0. The highest BCUT2D eigenvalue weighted by Crippen LogP contribution is 2.12. The van der Waals surface area contributed by atoms with Crippen LogP contribution in [0.2, 0.25) is 5.22 Å². The van der Waals surface area contributed by atoms with Crippen molar-refractivity contribution in [2.45, 2.75) is 13.0 Å². The molecule has 16 heavy (non-hydrogen) atoms. The highest BCUT2D eigenvalue weighted by atomic mass is 35.5. The molecule has 5 nitrogen and oxygen atoms in total. The molecule has 86 valence electrons. The minimum Gasteiger partial charge on any atom is -0.448 e. The summed E-state index contributed by atoms with van der Waals surface area (Å²) in [6, 6.07) is 3.60. The predicted octanol–water partition coefficient (Wildman–Crippen LogP) is 1.39. The van der Waals surface area contributed by atoms with E-state index in [4.69, 9.17) is 16.0 Å². The summed E-state index contributed by atoms with van der Waals surface area (Å²) in [4.78, 5) is 4.13. The molecule has 2 heterocycles. The summed E-state index contributed by atoms with van der Waals surface area (Å²) >= 11 is 5.66. The molecule has 0 aliphatic rings. The van der Waals surface area contributed by atoms with Crippen LogP contribution in [0.1, 0.15) is 11.6 Å². The molecule has 0 radical (unpaired) electrons. The first kappa shape index (κ1) is 11.2. The third-order valence-corrected chi connectivity index (χ3v) is 2.46. The van der Waals surface area contributed by atoms with Gasteiger partial charge in [-0.3, -0.25) is 4.68 Å². The van der Waals surface area contributed by atoms with E-state index in [0.29, 0.717) is 11.8 Å². The van der Waals surface area contributed by atoms with Gasteiger partial charge in [-0.2, -0.15) is 5.10 Å². The summed E-state index contributed by atoms with van der Waals surface area (Å²) in [7, 11) is 1.88. The van der Waals surface area contributed by atoms with Gasteiger partial charge in [-0.1, -0.05) is 0 Å². The average Bonchev–Trinajstić information content (AvgIpc) is 2.83. The molecule has 2 aromatic rings. The first-order chi connectivity index (χ1) is 7.75. The smallest absolute Gasteiger partial charge is 0.193 e. The fraction of sp³-hybridized carbons (Fsp3) is 0.400. The first-order valence-corrected chi connectivity index (χ1v) is 5.41. The molecule has 0 saturated carbocycles. The molecule has 0 spiro atoms. The Morgan fingerprint density at radius 2 is 2.38 bits per heavy atom. The van der Waals surface area contributed by atoms with E-state index in [1.54, 1.807) is 17.1 Å². The zero-order valence-electron chi connectivity index (χ0n) is 8.98. The van der Waals surface area contributed by atoms with E-state index in [1.165, 1.54) is 0 Å². The van der Waals surface area contributed by atoms with Gasteiger partial charge in [0.05, 0.1) is 6.54 Å². The van der Waals surface area contributed by atoms with Crippen LogP contribution in [-0.2, 0) is 20.0 Å². The number of aryl methyl sites for hydroxylation is 1. The summed E-state index contributed by atoms with van der Waals surface area (Å²) in [6.45, 7) is 1.50. The van der Waals surface area contributed by atoms with Crippen molar-refractivity contribution in [2.24, 2.45) is 7.05 Å². The summed E-state index contributed by atoms with van der Waals surface area (Å²) in [5, 5.41) is 7.67. The lowest BCUT2D eigenvalue weighted by molar-refractivity contribution is 0.483. The normalized spacial score (nSPS) is 10.9. The Morgan fingerprint density at radius 3 is 3.00 bits per heavy atom. The Hall–Kier alpha value is -1.33. The van der Waals surface area contributed by atoms with Gasteiger partial charge in [0, 0.05) is 20.0 Å². The number of nitrogens with zero attached hydrogens (tertiary/aromatic N) is 3. The van der Waals surface area contributed by atoms with Crippen molar-refractivity contribution in [1.82, 2.24) is 20.1 Å². The number of aromatic nitrogens is 3. The van der Waals surface area contributed by atoms with Crippen molar-refractivity contribution in [1.29, 1.82) is 0 Å². The van der Waals surface area contributed by atoms with Gasteiger partial charge in [-0.05, 0) is 23.7 Å². The third kappa shape index (κ3) is 2.84. The Kier molecular flexibility index (Phi) is 3.58. The Labute approximate surface area is 98.4 Å². The largest absolute Gasteiger partial charge is 0.448 e. The standard InChI is InChI=1S/C10H13ClN4O/c1-15-10(13-7-14-15)4-5-12-6-8-2-3-9(11)16-8/h2-3,7,12H,4-6H2,1H3. The highest BCUT2D eigenvalue weighted by molar-refractivity contribution is 6.28. The van der Waals surface area contributed by atoms with E-state index in [2.05, 4.69) is 15.4 Å². The number of nitrogens with one attached hydrogen (secondary N) is 1. The molecule has 0 unspecified atom stereocenters. The summed E-state index contributed by atoms with van der Waals surface area (Å²) in [6.07, 6.45) is 2.40. The average molecular weight is 241 g/mol. The molecule has 0 aliphatic heterocycles. The summed E-state index contributed by atoms with van der Waals surface area (Å²) < 4.78 is 6.98. The van der Waals surface area contributed by atoms with E-state index >= 15 is 0 Å². The maximum atomic E-state index is 5.66. The van der Waals surface area contributed by atoms with Crippen LogP contribution in [0.3, 0.4) is 0 Å². The second-order valence-electron chi connectivity index (χ2n) is 3.43. The lowest BCUT2D eigenvalue weighted by Crippen LogP contribution is -2.18. The molecule has 0 saturated heterocycles. The van der Waals surface area contributed by atoms with E-state index in [1.807, 2.05) is 13.1 Å². The maximum absolute atomic E-state index is 5.66. The minimum absolute atomic E-state index is 0.421. The molecule has 6 heteroatoms. The lowest BCUT2D eigenvalue weighted by Gasteiger charge is -2.02. The molecule has 0 fully saturated rings. The maximum Gasteiger partial charge on any atom is 0.193 e. The SMILES string of the molecule is Cn1ncnc1CCNCc1ccc(Cl)o1. The van der Waals surface area contributed by atoms with Gasteiger partial charge in [-0.25, -0.2) is 4.98 Å². The monoisotopic (exact) mass is 240 g/mol. The van der Waals surface area contributed by atoms with Crippen molar-refractivity contribution < 1.29 is 4.42 Å². The number of hydrogen-bond donors (Lipinski definition) is 1. The Balaban J connectivity index is 1.71. The molecule has 0 aromatic carbocycles. The van der Waals surface area contributed by atoms with E-state index in [-0.39, 0.29) is 0 Å². The summed E-state index contributed by atoms with van der Waals surface area (Å²) in [5.74, 6) is 1.80. The topological polar surface area (TPSA) is 55.9 Å². The zero-order valence-corrected chi connectivity index (χ0v) is 9.74. The van der Waals surface area contributed by atoms with Crippen LogP contribution < -0.4 is 5.32 Å². The fourth-order valence-corrected chi connectivity index (χ4v) is 1.57. The van der Waals surface area contributed by atoms with E-state index in [9.17, 15) is 0 Å². The van der Waals surface area contributed by atoms with Gasteiger partial charge in [0.2, 0.25) is 0 Å². The van der Waals surface area contributed by atoms with Crippen LogP contribution >= 0.6 is 11.6 Å². The number of rotatable bonds is 5. The van der Waals surface area contributed by atoms with Gasteiger partial charge in [-0.15, -0.1) is 0 Å². The van der Waals surface area contributed by atoms with Crippen LogP contribution in [-0.4, -0.2) is 21.3 Å². The van der Waals surface area contributed by atoms with Crippen LogP contribution in [0.4, 0.5) is 0 Å². The molecule has 0 atom stereocenters. The van der Waals surface area contributed by atoms with Crippen molar-refractivity contribution in [3.05, 3.63) is 35.3 Å². The minimum atomic E-state index is 0.421. The second-order valence-corrected chi connectivity index (χ2v) is 3.80. The van der Waals surface area contributed by atoms with Crippen molar-refractivity contribution in [2.75, 3.05) is 6.54 Å². The Morgan fingerprint density at radius 1 is 1.50 bits per heavy atom. The molecule has 1 N–H and O–H groups in total. The van der Waals surface area contributed by atoms with Crippen molar-refractivity contribution in [3.8, 4) is 0 Å². The van der Waals surface area contributed by atoms with Crippen LogP contribution in [0, 0.1) is 0 Å². The highest BCUT2D eigenvalue weighted by Gasteiger charge is 2.01. The fourth-order valence-electron chi connectivity index (χ4n) is 1.41. The quantitative estimate of drug-likeness (QED) is 0.803. The van der Waals surface area contributed by atoms with Crippen LogP contribution in [0.5, 0.6) is 0 Å². The molecule has 2 rings (SSSR count). The predicted molar refractivity (Wildman–Crippen MR) is 60.1 cm³/mol. The lowest BCUT2D eigenvalue weighted by atomic mass is 10.4. The molecule has 0 amide bonds. The van der Waals surface area contributed by atoms with Gasteiger partial charge in [0.1, 0.15) is 17.9 Å². The molecule has 2 aromatic heterocycles. The molecular weight excluding hydrogens is 228 g/mol. The third-order valence-electron chi connectivity index (χ3n) is 2.26. The first-order valence-electron chi connectivity index (χ1n) is 5.03. The van der Waals surface area contributed by atoms with Gasteiger partial charge < -0.3 is 9.73 Å². The van der Waals surface area contributed by atoms with Crippen molar-refractivity contribution >= 4 is 11.6 Å². The molecule has 0 bridgehead atoms. The number of hydrogen-bond acceptors (Lipinski definition) is 4. The molecule has 0 aliphatic carbocycles. The van der Waals surface area contributed by atoms with Gasteiger partial charge in [0.15, 0.2) is 5.22 Å². The zero-order chi connectivity index (χ0) is 11.4. The molecular formula is C10H13ClN4O. The van der Waals surface area contributed by atoms with Gasteiger partial charge >= 0.3 is 0 Å². The number of halogens is 1. The van der Waals surface area contributed by atoms with E-state index < -0.39 is 0 Å². The second kappa shape index (κ2) is 5.14. The van der Waals surface area contributed by atoms with Crippen molar-refractivity contribution in [3.63, 3.8) is 0 Å². The Bertz CT molecular complexity index is 451. The van der Waals surface area contributed by atoms with Crippen LogP contribution in [0.15, 0.2) is 22.9 Å².